The van der Waals surface area contributed by atoms with Gasteiger partial charge in [-0.3, -0.25) is 9.88 Å². The molecule has 0 saturated carbocycles. The molecule has 0 spiro atoms. The summed E-state index contributed by atoms with van der Waals surface area (Å²) in [5, 5.41) is 11.6. The summed E-state index contributed by atoms with van der Waals surface area (Å²) in [6.45, 7) is 3.67. The highest BCUT2D eigenvalue weighted by Crippen LogP contribution is 2.35. The van der Waals surface area contributed by atoms with E-state index in [9.17, 15) is 0 Å². The van der Waals surface area contributed by atoms with Gasteiger partial charge in [0.1, 0.15) is 0 Å². The number of nitrogens with zero attached hydrogens (tertiary/aromatic N) is 4. The van der Waals surface area contributed by atoms with Gasteiger partial charge in [-0.15, -0.1) is 0 Å². The zero-order valence-corrected chi connectivity index (χ0v) is 12.7. The van der Waals surface area contributed by atoms with Gasteiger partial charge in [0.05, 0.1) is 12.6 Å². The number of nitriles is 1. The monoisotopic (exact) mass is 292 g/mol. The molecule has 0 bridgehead atoms. The van der Waals surface area contributed by atoms with E-state index in [0.29, 0.717) is 12.6 Å². The van der Waals surface area contributed by atoms with Crippen molar-refractivity contribution in [1.29, 1.82) is 5.26 Å². The molecule has 2 aliphatic heterocycles. The minimum absolute atomic E-state index is 0.522. The molecule has 1 aromatic heterocycles. The Balaban J connectivity index is 1.70. The molecule has 0 aliphatic carbocycles. The third kappa shape index (κ3) is 2.22. The van der Waals surface area contributed by atoms with Crippen molar-refractivity contribution < 1.29 is 0 Å². The molecule has 1 aromatic carbocycles. The van der Waals surface area contributed by atoms with E-state index in [1.807, 2.05) is 12.4 Å². The number of benzene rings is 1. The summed E-state index contributed by atoms with van der Waals surface area (Å²) in [5.74, 6) is 0. The highest BCUT2D eigenvalue weighted by Gasteiger charge is 2.28. The largest absolute Gasteiger partial charge is 0.366 e. The Bertz CT molecular complexity index is 728. The second-order valence-corrected chi connectivity index (χ2v) is 6.31. The van der Waals surface area contributed by atoms with Crippen LogP contribution in [0.3, 0.4) is 0 Å². The Labute approximate surface area is 131 Å². The van der Waals surface area contributed by atoms with Crippen LogP contribution in [0.15, 0.2) is 30.6 Å². The molecule has 3 heterocycles. The standard InChI is InChI=1S/C18H20N4/c19-7-10-21-8-2-4-16(13-21)22-9-6-15-12-20-11-14-3-1-5-17(22)18(14)15/h1,3,5,11-12,16H,2,4,6,8-10,13H2. The van der Waals surface area contributed by atoms with Crippen LogP contribution in [0.4, 0.5) is 5.69 Å². The van der Waals surface area contributed by atoms with E-state index < -0.39 is 0 Å². The molecule has 1 saturated heterocycles. The maximum Gasteiger partial charge on any atom is 0.0866 e. The van der Waals surface area contributed by atoms with Crippen LogP contribution in [0.1, 0.15) is 18.4 Å². The minimum atomic E-state index is 0.522. The van der Waals surface area contributed by atoms with Gasteiger partial charge in [-0.05, 0) is 37.4 Å². The van der Waals surface area contributed by atoms with E-state index in [4.69, 9.17) is 5.26 Å². The Morgan fingerprint density at radius 1 is 1.27 bits per heavy atom. The third-order valence-corrected chi connectivity index (χ3v) is 4.99. The van der Waals surface area contributed by atoms with Crippen molar-refractivity contribution in [3.05, 3.63) is 36.2 Å². The molecule has 0 N–H and O–H groups in total. The smallest absolute Gasteiger partial charge is 0.0866 e. The van der Waals surface area contributed by atoms with Crippen LogP contribution in [0.5, 0.6) is 0 Å². The second-order valence-electron chi connectivity index (χ2n) is 6.31. The first-order valence-corrected chi connectivity index (χ1v) is 8.08. The van der Waals surface area contributed by atoms with Gasteiger partial charge >= 0.3 is 0 Å². The number of rotatable bonds is 2. The maximum atomic E-state index is 8.96. The van der Waals surface area contributed by atoms with Crippen LogP contribution in [-0.2, 0) is 6.42 Å². The van der Waals surface area contributed by atoms with Crippen molar-refractivity contribution in [3.63, 3.8) is 0 Å². The molecular weight excluding hydrogens is 272 g/mol. The predicted molar refractivity (Wildman–Crippen MR) is 87.9 cm³/mol. The van der Waals surface area contributed by atoms with Crippen molar-refractivity contribution in [2.24, 2.45) is 0 Å². The molecule has 4 rings (SSSR count). The SMILES string of the molecule is N#CCN1CCCC(N2CCc3cncc4cccc2c34)C1. The molecule has 2 aromatic rings. The van der Waals surface area contributed by atoms with Gasteiger partial charge in [-0.25, -0.2) is 0 Å². The van der Waals surface area contributed by atoms with Crippen molar-refractivity contribution >= 4 is 16.5 Å². The lowest BCUT2D eigenvalue weighted by Gasteiger charge is -2.42. The molecule has 2 aliphatic rings. The van der Waals surface area contributed by atoms with E-state index in [0.717, 1.165) is 26.1 Å². The summed E-state index contributed by atoms with van der Waals surface area (Å²) in [7, 11) is 0. The molecule has 0 amide bonds. The summed E-state index contributed by atoms with van der Waals surface area (Å²) in [6, 6.07) is 9.35. The molecule has 1 atom stereocenters. The first kappa shape index (κ1) is 13.5. The average molecular weight is 292 g/mol. The van der Waals surface area contributed by atoms with Gasteiger partial charge in [0.2, 0.25) is 0 Å². The van der Waals surface area contributed by atoms with Crippen LogP contribution in [0.25, 0.3) is 10.8 Å². The first-order valence-electron chi connectivity index (χ1n) is 8.08. The Morgan fingerprint density at radius 2 is 2.23 bits per heavy atom. The van der Waals surface area contributed by atoms with Gasteiger partial charge in [0.15, 0.2) is 0 Å². The number of pyridine rings is 1. The van der Waals surface area contributed by atoms with Crippen molar-refractivity contribution in [1.82, 2.24) is 9.88 Å². The number of hydrogen-bond acceptors (Lipinski definition) is 4. The summed E-state index contributed by atoms with van der Waals surface area (Å²) in [5.41, 5.74) is 2.72. The number of piperidine rings is 1. The number of likely N-dealkylation sites (tertiary alicyclic amines) is 1. The van der Waals surface area contributed by atoms with E-state index in [1.165, 1.54) is 34.9 Å². The molecule has 22 heavy (non-hydrogen) atoms. The number of anilines is 1. The molecule has 4 nitrogen and oxygen atoms in total. The van der Waals surface area contributed by atoms with Crippen LogP contribution in [0, 0.1) is 11.3 Å². The third-order valence-electron chi connectivity index (χ3n) is 4.99. The summed E-state index contributed by atoms with van der Waals surface area (Å²) >= 11 is 0. The fraction of sp³-hybridized carbons (Fsp3) is 0.444. The normalized spacial score (nSPS) is 21.8. The summed E-state index contributed by atoms with van der Waals surface area (Å²) in [6.07, 6.45) is 7.46. The molecule has 1 unspecified atom stereocenters. The van der Waals surface area contributed by atoms with E-state index in [1.54, 1.807) is 0 Å². The average Bonchev–Trinajstić information content (AvgIpc) is 2.56. The summed E-state index contributed by atoms with van der Waals surface area (Å²) in [4.78, 5) is 9.23. The number of aromatic nitrogens is 1. The van der Waals surface area contributed by atoms with Gasteiger partial charge in [-0.2, -0.15) is 5.26 Å². The zero-order valence-electron chi connectivity index (χ0n) is 12.7. The Hall–Kier alpha value is -2.12. The van der Waals surface area contributed by atoms with Gasteiger partial charge < -0.3 is 4.90 Å². The molecule has 1 fully saturated rings. The highest BCUT2D eigenvalue weighted by atomic mass is 15.2. The van der Waals surface area contributed by atoms with E-state index >= 15 is 0 Å². The van der Waals surface area contributed by atoms with Crippen LogP contribution < -0.4 is 4.90 Å². The Morgan fingerprint density at radius 3 is 3.14 bits per heavy atom. The van der Waals surface area contributed by atoms with Crippen molar-refractivity contribution in [2.45, 2.75) is 25.3 Å². The predicted octanol–water partition coefficient (Wildman–Crippen LogP) is 2.59. The fourth-order valence-electron chi connectivity index (χ4n) is 3.99. The Kier molecular flexibility index (Phi) is 3.44. The fourth-order valence-corrected chi connectivity index (χ4v) is 3.99. The lowest BCUT2D eigenvalue weighted by Crippen LogP contribution is -2.49. The highest BCUT2D eigenvalue weighted by molar-refractivity contribution is 5.97. The van der Waals surface area contributed by atoms with Crippen molar-refractivity contribution in [3.8, 4) is 6.07 Å². The van der Waals surface area contributed by atoms with Crippen LogP contribution >= 0.6 is 0 Å². The molecular formula is C18H20N4. The first-order chi connectivity index (χ1) is 10.9. The summed E-state index contributed by atoms with van der Waals surface area (Å²) < 4.78 is 0. The lowest BCUT2D eigenvalue weighted by molar-refractivity contribution is 0.225. The van der Waals surface area contributed by atoms with Crippen LogP contribution in [0.2, 0.25) is 0 Å². The van der Waals surface area contributed by atoms with Crippen LogP contribution in [-0.4, -0.2) is 42.1 Å². The zero-order chi connectivity index (χ0) is 14.9. The lowest BCUT2D eigenvalue weighted by atomic mass is 9.95. The quantitative estimate of drug-likeness (QED) is 0.798. The van der Waals surface area contributed by atoms with Gasteiger partial charge in [0.25, 0.3) is 0 Å². The molecule has 4 heteroatoms. The topological polar surface area (TPSA) is 43.2 Å². The van der Waals surface area contributed by atoms with Gasteiger partial charge in [-0.1, -0.05) is 12.1 Å². The van der Waals surface area contributed by atoms with Gasteiger partial charge in [0, 0.05) is 48.0 Å². The molecule has 112 valence electrons. The second kappa shape index (κ2) is 5.58. The molecule has 0 radical (unpaired) electrons. The van der Waals surface area contributed by atoms with E-state index in [2.05, 4.69) is 39.1 Å². The minimum Gasteiger partial charge on any atom is -0.366 e. The van der Waals surface area contributed by atoms with Crippen molar-refractivity contribution in [2.75, 3.05) is 31.1 Å². The number of hydrogen-bond donors (Lipinski definition) is 0. The van der Waals surface area contributed by atoms with E-state index in [-0.39, 0.29) is 0 Å². The maximum absolute atomic E-state index is 8.96.